The third kappa shape index (κ3) is 5.08. The summed E-state index contributed by atoms with van der Waals surface area (Å²) in [6.07, 6.45) is 10.8. The summed E-state index contributed by atoms with van der Waals surface area (Å²) in [5, 5.41) is 12.2. The topological polar surface area (TPSA) is 92.7 Å². The first-order chi connectivity index (χ1) is 17.7. The van der Waals surface area contributed by atoms with Crippen LogP contribution in [0.5, 0.6) is 5.75 Å². The lowest BCUT2D eigenvalue weighted by Gasteiger charge is -2.57. The molecule has 0 spiro atoms. The molecule has 3 saturated carbocycles. The Morgan fingerprint density at radius 3 is 2.57 bits per heavy atom. The van der Waals surface area contributed by atoms with Crippen molar-refractivity contribution in [3.63, 3.8) is 0 Å². The van der Waals surface area contributed by atoms with Crippen LogP contribution < -0.4 is 5.32 Å². The maximum atomic E-state index is 12.7. The molecular weight excluding hydrogens is 466 g/mol. The van der Waals surface area contributed by atoms with Gasteiger partial charge in [-0.25, -0.2) is 0 Å². The highest BCUT2D eigenvalue weighted by Gasteiger charge is 2.59. The maximum absolute atomic E-state index is 12.7. The van der Waals surface area contributed by atoms with Crippen LogP contribution in [0.4, 0.5) is 0 Å². The minimum absolute atomic E-state index is 0.00523. The lowest BCUT2D eigenvalue weighted by atomic mass is 9.47. The van der Waals surface area contributed by atoms with Gasteiger partial charge in [-0.2, -0.15) is 0 Å². The monoisotopic (exact) mass is 507 g/mol. The summed E-state index contributed by atoms with van der Waals surface area (Å²) in [7, 11) is 0. The lowest BCUT2D eigenvalue weighted by molar-refractivity contribution is -0.160. The van der Waals surface area contributed by atoms with Gasteiger partial charge in [0.15, 0.2) is 5.78 Å². The van der Waals surface area contributed by atoms with E-state index < -0.39 is 0 Å². The third-order valence-electron chi connectivity index (χ3n) is 10.4. The molecule has 6 heteroatoms. The number of aromatic hydroxyl groups is 1. The molecule has 0 heterocycles. The fraction of sp³-hybridized carbons (Fsp3) is 0.645. The summed E-state index contributed by atoms with van der Waals surface area (Å²) in [6.45, 7) is 5.22. The van der Waals surface area contributed by atoms with Crippen molar-refractivity contribution < 1.29 is 24.2 Å². The third-order valence-corrected chi connectivity index (χ3v) is 10.4. The summed E-state index contributed by atoms with van der Waals surface area (Å²) in [5.41, 5.74) is 2.58. The van der Waals surface area contributed by atoms with Crippen LogP contribution >= 0.6 is 0 Å². The predicted molar refractivity (Wildman–Crippen MR) is 141 cm³/mol. The maximum Gasteiger partial charge on any atom is 0.306 e. The van der Waals surface area contributed by atoms with Crippen LogP contribution in [0.1, 0.15) is 83.6 Å². The minimum atomic E-state index is -0.269. The van der Waals surface area contributed by atoms with Gasteiger partial charge in [-0.3, -0.25) is 14.4 Å². The number of amides is 1. The van der Waals surface area contributed by atoms with Crippen molar-refractivity contribution >= 4 is 17.7 Å². The second-order valence-electron chi connectivity index (χ2n) is 12.3. The summed E-state index contributed by atoms with van der Waals surface area (Å²) >= 11 is 0. The highest BCUT2D eigenvalue weighted by molar-refractivity contribution is 5.91. The molecule has 6 nitrogen and oxygen atoms in total. The van der Waals surface area contributed by atoms with E-state index in [1.54, 1.807) is 12.1 Å². The SMILES string of the molecule is C[C@]12CC[C@@H]3[C@H](CCC4=CC(=O)CC[C@@]43C)[C@H]1CC[C@@H]2OC(=O)CCC(=O)NCCc1ccc(O)cc1. The minimum Gasteiger partial charge on any atom is -0.508 e. The average molecular weight is 508 g/mol. The van der Waals surface area contributed by atoms with Crippen LogP contribution in [0.25, 0.3) is 0 Å². The van der Waals surface area contributed by atoms with Crippen LogP contribution in [0.15, 0.2) is 35.9 Å². The number of hydrogen-bond acceptors (Lipinski definition) is 5. The first kappa shape index (κ1) is 26.0. The van der Waals surface area contributed by atoms with Gasteiger partial charge in [0.2, 0.25) is 5.91 Å². The Balaban J connectivity index is 1.11. The number of phenolic OH excluding ortho intramolecular Hbond substituents is 1. The second kappa shape index (κ2) is 10.3. The van der Waals surface area contributed by atoms with E-state index in [1.165, 1.54) is 5.57 Å². The molecule has 0 bridgehead atoms. The Kier molecular flexibility index (Phi) is 7.21. The Labute approximate surface area is 220 Å². The van der Waals surface area contributed by atoms with E-state index in [-0.39, 0.29) is 47.4 Å². The van der Waals surface area contributed by atoms with Gasteiger partial charge in [-0.05, 0) is 98.3 Å². The van der Waals surface area contributed by atoms with Gasteiger partial charge in [0.1, 0.15) is 11.9 Å². The quantitative estimate of drug-likeness (QED) is 0.490. The Hall–Kier alpha value is -2.63. The number of esters is 1. The van der Waals surface area contributed by atoms with Gasteiger partial charge >= 0.3 is 5.97 Å². The number of fused-ring (bicyclic) bond motifs is 5. The highest BCUT2D eigenvalue weighted by atomic mass is 16.5. The zero-order chi connectivity index (χ0) is 26.2. The standard InChI is InChI=1S/C31H41NO5/c1-30-16-13-23(34)19-21(30)5-8-24-25-9-10-27(31(25,2)17-14-26(24)30)37-29(36)12-11-28(35)32-18-15-20-3-6-22(33)7-4-20/h3-4,6-7,19,24-27,33H,5,8-18H2,1-2H3,(H,32,35)/t24-,25-,26-,27+,30+,31+/m1/s1. The average Bonchev–Trinajstić information content (AvgIpc) is 3.20. The molecule has 1 aromatic carbocycles. The van der Waals surface area contributed by atoms with Gasteiger partial charge in [0.05, 0.1) is 6.42 Å². The number of hydrogen-bond donors (Lipinski definition) is 2. The van der Waals surface area contributed by atoms with E-state index in [1.807, 2.05) is 18.2 Å². The van der Waals surface area contributed by atoms with Crippen LogP contribution in [0, 0.1) is 28.6 Å². The number of ketones is 1. The van der Waals surface area contributed by atoms with Crippen molar-refractivity contribution in [2.75, 3.05) is 6.54 Å². The van der Waals surface area contributed by atoms with E-state index in [2.05, 4.69) is 19.2 Å². The molecule has 0 aromatic heterocycles. The molecule has 3 fully saturated rings. The molecule has 0 aliphatic heterocycles. The molecule has 5 rings (SSSR count). The van der Waals surface area contributed by atoms with Gasteiger partial charge in [0.25, 0.3) is 0 Å². The molecule has 0 unspecified atom stereocenters. The smallest absolute Gasteiger partial charge is 0.306 e. The molecular formula is C31H41NO5. The molecule has 4 aliphatic carbocycles. The summed E-state index contributed by atoms with van der Waals surface area (Å²) < 4.78 is 6.05. The van der Waals surface area contributed by atoms with Crippen molar-refractivity contribution in [1.82, 2.24) is 5.32 Å². The predicted octanol–water partition coefficient (Wildman–Crippen LogP) is 5.27. The molecule has 2 N–H and O–H groups in total. The fourth-order valence-corrected chi connectivity index (χ4v) is 8.24. The van der Waals surface area contributed by atoms with Crippen LogP contribution in [-0.2, 0) is 25.5 Å². The molecule has 0 saturated heterocycles. The molecule has 1 aromatic rings. The summed E-state index contributed by atoms with van der Waals surface area (Å²) in [5.74, 6) is 1.93. The summed E-state index contributed by atoms with van der Waals surface area (Å²) in [6, 6.07) is 6.94. The number of carbonyl (C=O) groups excluding carboxylic acids is 3. The highest BCUT2D eigenvalue weighted by Crippen LogP contribution is 2.65. The van der Waals surface area contributed by atoms with E-state index in [0.29, 0.717) is 42.9 Å². The van der Waals surface area contributed by atoms with Gasteiger partial charge in [-0.15, -0.1) is 0 Å². The molecule has 6 atom stereocenters. The first-order valence-electron chi connectivity index (χ1n) is 14.2. The fourth-order valence-electron chi connectivity index (χ4n) is 8.24. The normalized spacial score (nSPS) is 34.5. The van der Waals surface area contributed by atoms with Crippen LogP contribution in [-0.4, -0.2) is 35.4 Å². The molecule has 37 heavy (non-hydrogen) atoms. The molecule has 4 aliphatic rings. The zero-order valence-corrected chi connectivity index (χ0v) is 22.3. The molecule has 1 amide bonds. The zero-order valence-electron chi connectivity index (χ0n) is 22.3. The number of ether oxygens (including phenoxy) is 1. The number of benzene rings is 1. The van der Waals surface area contributed by atoms with E-state index in [4.69, 9.17) is 4.74 Å². The van der Waals surface area contributed by atoms with Gasteiger partial charge in [-0.1, -0.05) is 31.6 Å². The number of carbonyl (C=O) groups is 3. The Morgan fingerprint density at radius 2 is 1.78 bits per heavy atom. The van der Waals surface area contributed by atoms with Gasteiger partial charge < -0.3 is 15.2 Å². The Morgan fingerprint density at radius 1 is 1.00 bits per heavy atom. The van der Waals surface area contributed by atoms with E-state index in [9.17, 15) is 19.5 Å². The van der Waals surface area contributed by atoms with Crippen molar-refractivity contribution in [2.24, 2.45) is 28.6 Å². The van der Waals surface area contributed by atoms with Crippen molar-refractivity contribution in [1.29, 1.82) is 0 Å². The number of rotatable bonds is 7. The summed E-state index contributed by atoms with van der Waals surface area (Å²) in [4.78, 5) is 37.1. The van der Waals surface area contributed by atoms with E-state index >= 15 is 0 Å². The Bertz CT molecular complexity index is 1080. The number of allylic oxidation sites excluding steroid dienone is 1. The van der Waals surface area contributed by atoms with Crippen molar-refractivity contribution in [3.05, 3.63) is 41.5 Å². The largest absolute Gasteiger partial charge is 0.508 e. The van der Waals surface area contributed by atoms with Crippen LogP contribution in [0.2, 0.25) is 0 Å². The first-order valence-corrected chi connectivity index (χ1v) is 14.2. The molecule has 0 radical (unpaired) electrons. The second-order valence-corrected chi connectivity index (χ2v) is 12.3. The molecule has 200 valence electrons. The van der Waals surface area contributed by atoms with Crippen LogP contribution in [0.3, 0.4) is 0 Å². The van der Waals surface area contributed by atoms with Gasteiger partial charge in [0, 0.05) is 24.8 Å². The van der Waals surface area contributed by atoms with Crippen molar-refractivity contribution in [3.8, 4) is 5.75 Å². The van der Waals surface area contributed by atoms with Crippen molar-refractivity contribution in [2.45, 2.75) is 90.6 Å². The number of nitrogens with one attached hydrogen (secondary N) is 1. The number of phenols is 1. The lowest BCUT2D eigenvalue weighted by Crippen LogP contribution is -2.51. The van der Waals surface area contributed by atoms with E-state index in [0.717, 1.165) is 50.5 Å².